The van der Waals surface area contributed by atoms with E-state index in [-0.39, 0.29) is 37.5 Å². The molecule has 13 heteroatoms. The van der Waals surface area contributed by atoms with Crippen molar-refractivity contribution in [3.8, 4) is 5.69 Å². The van der Waals surface area contributed by atoms with Crippen molar-refractivity contribution in [1.82, 2.24) is 25.3 Å². The molecule has 0 bridgehead atoms. The number of rotatable bonds is 13. The third-order valence-electron chi connectivity index (χ3n) is 7.31. The van der Waals surface area contributed by atoms with Crippen LogP contribution in [0.1, 0.15) is 84.2 Å². The molecule has 260 valence electrons. The minimum absolute atomic E-state index is 0.0317. The molecule has 3 aromatic rings. The smallest absolute Gasteiger partial charge is 0.408 e. The average Bonchev–Trinajstić information content (AvgIpc) is 3.36. The van der Waals surface area contributed by atoms with E-state index >= 15 is 0 Å². The number of alkyl carbamates (subject to hydrolysis) is 1. The van der Waals surface area contributed by atoms with Crippen LogP contribution in [0.5, 0.6) is 0 Å². The van der Waals surface area contributed by atoms with Crippen LogP contribution in [-0.2, 0) is 25.5 Å². The number of nitrogens with one attached hydrogen (secondary N) is 2. The summed E-state index contributed by atoms with van der Waals surface area (Å²) in [5.74, 6) is -3.43. The number of carboxylic acid groups (broad SMARTS) is 1. The molecule has 2 atom stereocenters. The predicted molar refractivity (Wildman–Crippen MR) is 175 cm³/mol. The third kappa shape index (κ3) is 10.9. The Balaban J connectivity index is 2.06. The zero-order valence-electron chi connectivity index (χ0n) is 28.5. The van der Waals surface area contributed by atoms with Gasteiger partial charge in [-0.05, 0) is 50.3 Å². The number of amides is 3. The Kier molecular flexibility index (Phi) is 12.4. The van der Waals surface area contributed by atoms with Gasteiger partial charge in [0.1, 0.15) is 29.0 Å². The molecule has 3 N–H and O–H groups in total. The van der Waals surface area contributed by atoms with Gasteiger partial charge in [0.2, 0.25) is 11.8 Å². The summed E-state index contributed by atoms with van der Waals surface area (Å²) in [6.07, 6.45) is 0.760. The maximum absolute atomic E-state index is 15.0. The number of benzene rings is 2. The highest BCUT2D eigenvalue weighted by atomic mass is 19.1. The molecule has 0 unspecified atom stereocenters. The largest absolute Gasteiger partial charge is 0.481 e. The molecule has 0 aliphatic heterocycles. The van der Waals surface area contributed by atoms with E-state index in [2.05, 4.69) is 10.6 Å². The monoisotopic (exact) mass is 669 g/mol. The molecule has 48 heavy (non-hydrogen) atoms. The van der Waals surface area contributed by atoms with Crippen molar-refractivity contribution in [3.63, 3.8) is 0 Å². The van der Waals surface area contributed by atoms with Gasteiger partial charge in [-0.25, -0.2) is 18.3 Å². The van der Waals surface area contributed by atoms with E-state index in [1.165, 1.54) is 16.5 Å². The summed E-state index contributed by atoms with van der Waals surface area (Å²) in [5.41, 5.74) is 0.441. The molecule has 0 radical (unpaired) electrons. The molecule has 0 aliphatic rings. The summed E-state index contributed by atoms with van der Waals surface area (Å²) in [6, 6.07) is 10.7. The molecule has 1 heterocycles. The lowest BCUT2D eigenvalue weighted by atomic mass is 9.81. The van der Waals surface area contributed by atoms with E-state index in [1.807, 2.05) is 51.1 Å². The fourth-order valence-electron chi connectivity index (χ4n) is 5.29. The SMILES string of the molecule is CC(=O)N(CC[C@H](NC(=O)OC(C)(C)C)C(=O)NCCC(=O)O)[C@@H](c1nn(-c2cc(F)ccc2F)cc1Cc1ccccc1)C(C)(C)C. The standard InChI is InChI=1S/C35H45F2N5O6/c1-22(43)41(18-16-27(32(46)38-17-15-29(44)45)39-33(47)48-35(5,6)7)31(34(2,3)4)30-24(19-23-11-9-8-10-12-23)21-42(40-30)28-20-25(36)13-14-26(28)37/h8-14,20-21,27,31H,15-19H2,1-7H3,(H,38,46)(H,39,47)(H,44,45)/t27-,31-/m0/s1. The van der Waals surface area contributed by atoms with Gasteiger partial charge in [0.25, 0.3) is 0 Å². The molecule has 1 aromatic heterocycles. The van der Waals surface area contributed by atoms with Crippen molar-refractivity contribution in [2.75, 3.05) is 13.1 Å². The van der Waals surface area contributed by atoms with Gasteiger partial charge >= 0.3 is 12.1 Å². The van der Waals surface area contributed by atoms with Crippen LogP contribution in [-0.4, -0.2) is 68.4 Å². The van der Waals surface area contributed by atoms with E-state index in [4.69, 9.17) is 14.9 Å². The Morgan fingerprint density at radius 2 is 1.69 bits per heavy atom. The molecule has 11 nitrogen and oxygen atoms in total. The molecule has 0 saturated carbocycles. The first-order valence-corrected chi connectivity index (χ1v) is 15.7. The lowest BCUT2D eigenvalue weighted by Gasteiger charge is -2.40. The van der Waals surface area contributed by atoms with E-state index in [0.717, 1.165) is 23.8 Å². The highest BCUT2D eigenvalue weighted by Gasteiger charge is 2.38. The fourth-order valence-corrected chi connectivity index (χ4v) is 5.29. The predicted octanol–water partition coefficient (Wildman–Crippen LogP) is 5.55. The first-order chi connectivity index (χ1) is 22.4. The first-order valence-electron chi connectivity index (χ1n) is 15.7. The average molecular weight is 670 g/mol. The van der Waals surface area contributed by atoms with E-state index in [9.17, 15) is 28.0 Å². The summed E-state index contributed by atoms with van der Waals surface area (Å²) >= 11 is 0. The van der Waals surface area contributed by atoms with E-state index in [1.54, 1.807) is 27.0 Å². The number of ether oxygens (including phenoxy) is 1. The molecule has 3 amide bonds. The second kappa shape index (κ2) is 15.9. The summed E-state index contributed by atoms with van der Waals surface area (Å²) in [5, 5.41) is 18.8. The van der Waals surface area contributed by atoms with Crippen molar-refractivity contribution in [1.29, 1.82) is 0 Å². The third-order valence-corrected chi connectivity index (χ3v) is 7.31. The van der Waals surface area contributed by atoms with E-state index < -0.39 is 52.7 Å². The number of halogens is 2. The number of carbonyl (C=O) groups is 4. The summed E-state index contributed by atoms with van der Waals surface area (Å²) in [4.78, 5) is 51.8. The lowest BCUT2D eigenvalue weighted by Crippen LogP contribution is -2.51. The molecule has 3 rings (SSSR count). The van der Waals surface area contributed by atoms with Crippen LogP contribution in [0.2, 0.25) is 0 Å². The Morgan fingerprint density at radius 3 is 2.27 bits per heavy atom. The number of hydrogen-bond acceptors (Lipinski definition) is 6. The van der Waals surface area contributed by atoms with Crippen LogP contribution in [0.3, 0.4) is 0 Å². The molecular weight excluding hydrogens is 624 g/mol. The van der Waals surface area contributed by atoms with Crippen molar-refractivity contribution >= 4 is 23.9 Å². The number of nitrogens with zero attached hydrogens (tertiary/aromatic N) is 3. The van der Waals surface area contributed by atoms with Crippen LogP contribution < -0.4 is 10.6 Å². The van der Waals surface area contributed by atoms with Gasteiger partial charge in [-0.3, -0.25) is 14.4 Å². The number of aromatic nitrogens is 2. The van der Waals surface area contributed by atoms with Crippen LogP contribution >= 0.6 is 0 Å². The van der Waals surface area contributed by atoms with Crippen LogP contribution in [0.4, 0.5) is 13.6 Å². The highest BCUT2D eigenvalue weighted by molar-refractivity contribution is 5.86. The van der Waals surface area contributed by atoms with Gasteiger partial charge in [-0.15, -0.1) is 0 Å². The Labute approximate surface area is 279 Å². The summed E-state index contributed by atoms with van der Waals surface area (Å²) in [7, 11) is 0. The van der Waals surface area contributed by atoms with Crippen molar-refractivity contribution < 1.29 is 37.8 Å². The normalized spacial score (nSPS) is 12.9. The van der Waals surface area contributed by atoms with Crippen molar-refractivity contribution in [2.45, 2.75) is 85.4 Å². The Hall–Kier alpha value is -4.81. The number of carbonyl (C=O) groups excluding carboxylic acids is 3. The summed E-state index contributed by atoms with van der Waals surface area (Å²) < 4.78 is 35.8. The van der Waals surface area contributed by atoms with Gasteiger partial charge in [-0.1, -0.05) is 51.1 Å². The molecule has 0 spiro atoms. The van der Waals surface area contributed by atoms with Gasteiger partial charge in [0, 0.05) is 44.3 Å². The van der Waals surface area contributed by atoms with Crippen LogP contribution in [0, 0.1) is 17.0 Å². The van der Waals surface area contributed by atoms with Gasteiger partial charge in [0.15, 0.2) is 0 Å². The number of carboxylic acids is 1. The molecule has 0 saturated heterocycles. The maximum atomic E-state index is 15.0. The van der Waals surface area contributed by atoms with Gasteiger partial charge in [-0.2, -0.15) is 5.10 Å². The molecule has 2 aromatic carbocycles. The van der Waals surface area contributed by atoms with Crippen molar-refractivity contribution in [2.24, 2.45) is 5.41 Å². The van der Waals surface area contributed by atoms with Gasteiger partial charge in [0.05, 0.1) is 18.2 Å². The molecule has 0 fully saturated rings. The maximum Gasteiger partial charge on any atom is 0.408 e. The second-order valence-corrected chi connectivity index (χ2v) is 13.6. The van der Waals surface area contributed by atoms with Crippen LogP contribution in [0.15, 0.2) is 54.7 Å². The minimum Gasteiger partial charge on any atom is -0.481 e. The second-order valence-electron chi connectivity index (χ2n) is 13.6. The number of hydrogen-bond donors (Lipinski definition) is 3. The Morgan fingerprint density at radius 1 is 1.02 bits per heavy atom. The lowest BCUT2D eigenvalue weighted by molar-refractivity contribution is -0.137. The molecular formula is C35H45F2N5O6. The quantitative estimate of drug-likeness (QED) is 0.217. The van der Waals surface area contributed by atoms with Crippen LogP contribution in [0.25, 0.3) is 5.69 Å². The van der Waals surface area contributed by atoms with Gasteiger partial charge < -0.3 is 25.4 Å². The van der Waals surface area contributed by atoms with Crippen molar-refractivity contribution in [3.05, 3.63) is 83.2 Å². The molecule has 0 aliphatic carbocycles. The summed E-state index contributed by atoms with van der Waals surface area (Å²) in [6.45, 7) is 11.9. The highest BCUT2D eigenvalue weighted by Crippen LogP contribution is 2.40. The zero-order chi connectivity index (χ0) is 35.8. The minimum atomic E-state index is -1.18. The fraction of sp³-hybridized carbons (Fsp3) is 0.457. The first kappa shape index (κ1) is 37.6. The Bertz CT molecular complexity index is 1600. The topological polar surface area (TPSA) is 143 Å². The zero-order valence-corrected chi connectivity index (χ0v) is 28.5. The number of aliphatic carboxylic acids is 1. The van der Waals surface area contributed by atoms with E-state index in [0.29, 0.717) is 17.7 Å².